The van der Waals surface area contributed by atoms with Gasteiger partial charge >= 0.3 is 11.9 Å². The normalized spacial score (nSPS) is 22.1. The highest BCUT2D eigenvalue weighted by Crippen LogP contribution is 2.13. The molecule has 1 saturated heterocycles. The quantitative estimate of drug-likeness (QED) is 0.463. The molecule has 1 rings (SSSR count). The second-order valence-electron chi connectivity index (χ2n) is 2.64. The van der Waals surface area contributed by atoms with Crippen molar-refractivity contribution in [1.82, 2.24) is 0 Å². The van der Waals surface area contributed by atoms with E-state index in [0.717, 1.165) is 0 Å². The van der Waals surface area contributed by atoms with Crippen LogP contribution < -0.4 is 0 Å². The highest BCUT2D eigenvalue weighted by Gasteiger charge is 2.24. The summed E-state index contributed by atoms with van der Waals surface area (Å²) in [6.45, 7) is 0.669. The molecule has 0 aliphatic carbocycles. The van der Waals surface area contributed by atoms with Gasteiger partial charge in [0.1, 0.15) is 0 Å². The van der Waals surface area contributed by atoms with Crippen LogP contribution in [0.1, 0.15) is 6.42 Å². The van der Waals surface area contributed by atoms with Crippen LogP contribution in [0.3, 0.4) is 0 Å². The van der Waals surface area contributed by atoms with Gasteiger partial charge in [-0.1, -0.05) is 0 Å². The van der Waals surface area contributed by atoms with E-state index in [1.165, 1.54) is 0 Å². The van der Waals surface area contributed by atoms with Crippen molar-refractivity contribution >= 4 is 21.2 Å². The van der Waals surface area contributed by atoms with E-state index < -0.39 is 0 Å². The molecule has 0 aromatic carbocycles. The van der Waals surface area contributed by atoms with Gasteiger partial charge in [0.25, 0.3) is 0 Å². The zero-order chi connectivity index (χ0) is 8.97. The van der Waals surface area contributed by atoms with Crippen LogP contribution in [0.15, 0.2) is 0 Å². The second-order valence-corrected chi connectivity index (χ2v) is 3.05. The summed E-state index contributed by atoms with van der Waals surface area (Å²) in [7, 11) is 2.28. The van der Waals surface area contributed by atoms with Crippen molar-refractivity contribution in [3.63, 3.8) is 0 Å². The van der Waals surface area contributed by atoms with Gasteiger partial charge in [0.05, 0.1) is 25.8 Å². The largest absolute Gasteiger partial charge is 0.465 e. The number of carbonyl (C=O) groups excluding carboxylic acids is 2. The molecule has 68 valence electrons. The van der Waals surface area contributed by atoms with Gasteiger partial charge in [-0.2, -0.15) is 0 Å². The summed E-state index contributed by atoms with van der Waals surface area (Å²) in [4.78, 5) is 21.3. The van der Waals surface area contributed by atoms with E-state index >= 15 is 0 Å². The van der Waals surface area contributed by atoms with Crippen LogP contribution in [0.25, 0.3) is 0 Å². The molecule has 0 aromatic heterocycles. The minimum atomic E-state index is -0.264. The van der Waals surface area contributed by atoms with Crippen molar-refractivity contribution in [3.8, 4) is 0 Å². The first-order valence-corrected chi connectivity index (χ1v) is 4.55. The van der Waals surface area contributed by atoms with E-state index in [1.807, 2.05) is 0 Å². The Balaban J connectivity index is 2.16. The summed E-state index contributed by atoms with van der Waals surface area (Å²) in [5, 5.41) is 0. The zero-order valence-electron chi connectivity index (χ0n) is 6.62. The zero-order valence-corrected chi connectivity index (χ0v) is 7.77. The van der Waals surface area contributed by atoms with Crippen LogP contribution in [0.2, 0.25) is 0 Å². The van der Waals surface area contributed by atoms with Gasteiger partial charge < -0.3 is 9.47 Å². The fourth-order valence-electron chi connectivity index (χ4n) is 0.941. The first-order chi connectivity index (χ1) is 5.72. The molecule has 0 spiro atoms. The Morgan fingerprint density at radius 3 is 3.00 bits per heavy atom. The standard InChI is InChI=1S/C7H11O4P/c8-6-1-5(2-10-6)3-11-7(9)4-12/h5H,1-4,12H2. The molecule has 2 atom stereocenters. The van der Waals surface area contributed by atoms with Crippen molar-refractivity contribution in [3.05, 3.63) is 0 Å². The van der Waals surface area contributed by atoms with Gasteiger partial charge in [-0.15, -0.1) is 9.24 Å². The van der Waals surface area contributed by atoms with Crippen LogP contribution in [0, 0.1) is 5.92 Å². The lowest BCUT2D eigenvalue weighted by Gasteiger charge is -2.05. The molecular weight excluding hydrogens is 179 g/mol. The number of rotatable bonds is 3. The maximum Gasteiger partial charge on any atom is 0.309 e. The highest BCUT2D eigenvalue weighted by molar-refractivity contribution is 7.18. The lowest BCUT2D eigenvalue weighted by molar-refractivity contribution is -0.141. The molecule has 1 fully saturated rings. The Hall–Kier alpha value is -0.630. The monoisotopic (exact) mass is 190 g/mol. The molecule has 2 unspecified atom stereocenters. The molecule has 5 heteroatoms. The summed E-state index contributed by atoms with van der Waals surface area (Å²) in [6, 6.07) is 0. The van der Waals surface area contributed by atoms with Gasteiger partial charge in [-0.05, 0) is 0 Å². The topological polar surface area (TPSA) is 52.6 Å². The third-order valence-corrected chi connectivity index (χ3v) is 1.92. The van der Waals surface area contributed by atoms with E-state index in [0.29, 0.717) is 25.8 Å². The van der Waals surface area contributed by atoms with E-state index in [9.17, 15) is 9.59 Å². The van der Waals surface area contributed by atoms with Crippen LogP contribution in [-0.4, -0.2) is 31.3 Å². The first kappa shape index (κ1) is 9.46. The van der Waals surface area contributed by atoms with Crippen molar-refractivity contribution in [1.29, 1.82) is 0 Å². The molecule has 1 aliphatic heterocycles. The van der Waals surface area contributed by atoms with Gasteiger partial charge in [0, 0.05) is 5.92 Å². The smallest absolute Gasteiger partial charge is 0.309 e. The van der Waals surface area contributed by atoms with Crippen LogP contribution in [0.4, 0.5) is 0 Å². The maximum atomic E-state index is 10.7. The van der Waals surface area contributed by atoms with Crippen LogP contribution >= 0.6 is 9.24 Å². The van der Waals surface area contributed by atoms with Crippen molar-refractivity contribution in [2.24, 2.45) is 5.92 Å². The molecule has 4 nitrogen and oxygen atoms in total. The van der Waals surface area contributed by atoms with Crippen molar-refractivity contribution < 1.29 is 19.1 Å². The van der Waals surface area contributed by atoms with E-state index in [1.54, 1.807) is 0 Å². The Labute approximate surface area is 72.8 Å². The molecule has 0 bridgehead atoms. The average Bonchev–Trinajstić information content (AvgIpc) is 2.47. The number of hydrogen-bond donors (Lipinski definition) is 0. The van der Waals surface area contributed by atoms with Gasteiger partial charge in [0.15, 0.2) is 0 Å². The fourth-order valence-corrected chi connectivity index (χ4v) is 1.06. The Morgan fingerprint density at radius 1 is 1.75 bits per heavy atom. The third-order valence-electron chi connectivity index (χ3n) is 1.58. The average molecular weight is 190 g/mol. The minimum Gasteiger partial charge on any atom is -0.465 e. The van der Waals surface area contributed by atoms with Gasteiger partial charge in [-0.3, -0.25) is 9.59 Å². The molecule has 0 radical (unpaired) electrons. The summed E-state index contributed by atoms with van der Waals surface area (Å²) in [5.41, 5.74) is 0. The minimum absolute atomic E-state index is 0.0537. The highest BCUT2D eigenvalue weighted by atomic mass is 31.0. The number of carbonyl (C=O) groups is 2. The number of cyclic esters (lactones) is 1. The second kappa shape index (κ2) is 4.41. The third kappa shape index (κ3) is 2.78. The number of hydrogen-bond acceptors (Lipinski definition) is 4. The Morgan fingerprint density at radius 2 is 2.50 bits per heavy atom. The summed E-state index contributed by atoms with van der Waals surface area (Å²) < 4.78 is 9.53. The van der Waals surface area contributed by atoms with Crippen LogP contribution in [0.5, 0.6) is 0 Å². The lowest BCUT2D eigenvalue weighted by Crippen LogP contribution is -2.14. The van der Waals surface area contributed by atoms with E-state index in [4.69, 9.17) is 9.47 Å². The molecule has 0 N–H and O–H groups in total. The summed E-state index contributed by atoms with van der Waals surface area (Å²) in [5.74, 6) is -0.417. The summed E-state index contributed by atoms with van der Waals surface area (Å²) >= 11 is 0. The van der Waals surface area contributed by atoms with Gasteiger partial charge in [-0.25, -0.2) is 0 Å². The van der Waals surface area contributed by atoms with Crippen LogP contribution in [-0.2, 0) is 19.1 Å². The van der Waals surface area contributed by atoms with E-state index in [-0.39, 0.29) is 17.9 Å². The SMILES string of the molecule is O=C(CP)OCC1COC(=O)C1. The molecule has 0 aromatic rings. The first-order valence-electron chi connectivity index (χ1n) is 3.73. The van der Waals surface area contributed by atoms with Crippen molar-refractivity contribution in [2.75, 3.05) is 19.4 Å². The maximum absolute atomic E-state index is 10.7. The molecular formula is C7H11O4P. The van der Waals surface area contributed by atoms with Gasteiger partial charge in [0.2, 0.25) is 0 Å². The number of esters is 2. The number of ether oxygens (including phenoxy) is 2. The van der Waals surface area contributed by atoms with E-state index in [2.05, 4.69) is 9.24 Å². The molecule has 1 heterocycles. The molecule has 1 aliphatic rings. The molecule has 0 saturated carbocycles. The predicted octanol–water partition coefficient (Wildman–Crippen LogP) is -0.0322. The Kier molecular flexibility index (Phi) is 3.48. The fraction of sp³-hybridized carbons (Fsp3) is 0.714. The molecule has 0 amide bonds. The summed E-state index contributed by atoms with van der Waals surface area (Å²) in [6.07, 6.45) is 0.658. The van der Waals surface area contributed by atoms with Crippen molar-refractivity contribution in [2.45, 2.75) is 6.42 Å². The Bertz CT molecular complexity index is 192. The molecule has 12 heavy (non-hydrogen) atoms. The predicted molar refractivity (Wildman–Crippen MR) is 44.6 cm³/mol. The lowest BCUT2D eigenvalue weighted by atomic mass is 10.1.